The third kappa shape index (κ3) is 2.54. The molecule has 3 saturated carbocycles. The average molecular weight is 236 g/mol. The number of aliphatic hydroxyl groups is 1. The third-order valence-electron chi connectivity index (χ3n) is 5.79. The fraction of sp³-hybridized carbons (Fsp3) is 1.00. The highest BCUT2D eigenvalue weighted by Crippen LogP contribution is 2.50. The molecule has 1 N–H and O–H groups in total. The maximum absolute atomic E-state index is 11.1. The number of hydrogen-bond acceptors (Lipinski definition) is 1. The lowest BCUT2D eigenvalue weighted by molar-refractivity contribution is -0.0838. The van der Waals surface area contributed by atoms with E-state index in [-0.39, 0.29) is 5.60 Å². The van der Waals surface area contributed by atoms with Gasteiger partial charge in [0.1, 0.15) is 0 Å². The Morgan fingerprint density at radius 2 is 1.76 bits per heavy atom. The Bertz CT molecular complexity index is 271. The Morgan fingerprint density at radius 1 is 0.941 bits per heavy atom. The molecular formula is C16H28O. The van der Waals surface area contributed by atoms with Crippen LogP contribution in [0, 0.1) is 23.7 Å². The first kappa shape index (κ1) is 12.0. The van der Waals surface area contributed by atoms with Crippen LogP contribution in [0.25, 0.3) is 0 Å². The molecule has 0 amide bonds. The summed E-state index contributed by atoms with van der Waals surface area (Å²) in [6.45, 7) is 2.37. The maximum Gasteiger partial charge on any atom is 0.0678 e. The summed E-state index contributed by atoms with van der Waals surface area (Å²) in [5.41, 5.74) is -0.278. The highest BCUT2D eigenvalue weighted by Gasteiger charge is 2.45. The van der Waals surface area contributed by atoms with E-state index in [2.05, 4.69) is 6.92 Å². The first-order chi connectivity index (χ1) is 8.17. The second-order valence-electron chi connectivity index (χ2n) is 7.27. The van der Waals surface area contributed by atoms with Gasteiger partial charge in [-0.05, 0) is 68.6 Å². The van der Waals surface area contributed by atoms with Gasteiger partial charge in [0.05, 0.1) is 5.60 Å². The van der Waals surface area contributed by atoms with E-state index in [0.29, 0.717) is 5.92 Å². The van der Waals surface area contributed by atoms with Gasteiger partial charge in [-0.3, -0.25) is 0 Å². The summed E-state index contributed by atoms with van der Waals surface area (Å²) < 4.78 is 0. The van der Waals surface area contributed by atoms with Crippen molar-refractivity contribution in [3.63, 3.8) is 0 Å². The molecule has 1 heteroatoms. The highest BCUT2D eigenvalue weighted by molar-refractivity contribution is 4.97. The molecule has 0 aromatic rings. The molecule has 0 saturated heterocycles. The van der Waals surface area contributed by atoms with E-state index in [1.165, 1.54) is 51.4 Å². The fourth-order valence-electron chi connectivity index (χ4n) is 4.59. The Hall–Kier alpha value is -0.0400. The van der Waals surface area contributed by atoms with Crippen molar-refractivity contribution in [2.24, 2.45) is 23.7 Å². The minimum atomic E-state index is -0.278. The van der Waals surface area contributed by atoms with Gasteiger partial charge >= 0.3 is 0 Å². The number of hydrogen-bond donors (Lipinski definition) is 1. The highest BCUT2D eigenvalue weighted by atomic mass is 16.3. The molecule has 98 valence electrons. The standard InChI is InChI=1S/C16H28O/c1-12-4-2-6-15(10-12)16(17)9-3-5-14(11-16)13-7-8-13/h12-15,17H,2-11H2,1H3. The molecule has 0 spiro atoms. The minimum absolute atomic E-state index is 0.278. The lowest BCUT2D eigenvalue weighted by Crippen LogP contribution is -2.44. The van der Waals surface area contributed by atoms with Crippen molar-refractivity contribution in [3.05, 3.63) is 0 Å². The maximum atomic E-state index is 11.1. The van der Waals surface area contributed by atoms with E-state index in [1.54, 1.807) is 0 Å². The van der Waals surface area contributed by atoms with Crippen LogP contribution in [0.15, 0.2) is 0 Å². The van der Waals surface area contributed by atoms with Crippen molar-refractivity contribution in [2.45, 2.75) is 76.7 Å². The van der Waals surface area contributed by atoms with Crippen LogP contribution in [-0.4, -0.2) is 10.7 Å². The van der Waals surface area contributed by atoms with Crippen LogP contribution >= 0.6 is 0 Å². The lowest BCUT2D eigenvalue weighted by atomic mass is 9.65. The second-order valence-corrected chi connectivity index (χ2v) is 7.27. The predicted octanol–water partition coefficient (Wildman–Crippen LogP) is 4.14. The van der Waals surface area contributed by atoms with Crippen LogP contribution in [0.5, 0.6) is 0 Å². The second kappa shape index (κ2) is 4.57. The van der Waals surface area contributed by atoms with Gasteiger partial charge in [0, 0.05) is 0 Å². The van der Waals surface area contributed by atoms with Crippen molar-refractivity contribution in [1.82, 2.24) is 0 Å². The van der Waals surface area contributed by atoms with Crippen molar-refractivity contribution < 1.29 is 5.11 Å². The molecule has 0 heterocycles. The van der Waals surface area contributed by atoms with Gasteiger partial charge in [0.15, 0.2) is 0 Å². The zero-order valence-electron chi connectivity index (χ0n) is 11.3. The van der Waals surface area contributed by atoms with E-state index in [4.69, 9.17) is 0 Å². The van der Waals surface area contributed by atoms with Gasteiger partial charge in [0.2, 0.25) is 0 Å². The molecule has 0 bridgehead atoms. The Morgan fingerprint density at radius 3 is 2.47 bits per heavy atom. The molecule has 4 atom stereocenters. The quantitative estimate of drug-likeness (QED) is 0.764. The largest absolute Gasteiger partial charge is 0.390 e. The van der Waals surface area contributed by atoms with Crippen LogP contribution in [0.1, 0.15) is 71.1 Å². The monoisotopic (exact) mass is 236 g/mol. The molecule has 3 aliphatic rings. The lowest BCUT2D eigenvalue weighted by Gasteiger charge is -2.45. The van der Waals surface area contributed by atoms with Crippen molar-refractivity contribution in [1.29, 1.82) is 0 Å². The topological polar surface area (TPSA) is 20.2 Å². The fourth-order valence-corrected chi connectivity index (χ4v) is 4.59. The average Bonchev–Trinajstić information content (AvgIpc) is 3.13. The Kier molecular flexibility index (Phi) is 3.23. The zero-order valence-corrected chi connectivity index (χ0v) is 11.3. The number of rotatable bonds is 2. The van der Waals surface area contributed by atoms with E-state index < -0.39 is 0 Å². The molecule has 17 heavy (non-hydrogen) atoms. The smallest absolute Gasteiger partial charge is 0.0678 e. The normalized spacial score (nSPS) is 48.0. The Labute approximate surface area is 106 Å². The van der Waals surface area contributed by atoms with Crippen molar-refractivity contribution >= 4 is 0 Å². The van der Waals surface area contributed by atoms with Crippen LogP contribution in [0.3, 0.4) is 0 Å². The summed E-state index contributed by atoms with van der Waals surface area (Å²) in [5.74, 6) is 3.32. The van der Waals surface area contributed by atoms with Crippen LogP contribution in [-0.2, 0) is 0 Å². The summed E-state index contributed by atoms with van der Waals surface area (Å²) in [5, 5.41) is 11.1. The molecular weight excluding hydrogens is 208 g/mol. The van der Waals surface area contributed by atoms with Crippen LogP contribution in [0.4, 0.5) is 0 Å². The van der Waals surface area contributed by atoms with Crippen LogP contribution in [0.2, 0.25) is 0 Å². The van der Waals surface area contributed by atoms with E-state index in [0.717, 1.165) is 30.6 Å². The van der Waals surface area contributed by atoms with E-state index in [9.17, 15) is 5.11 Å². The Balaban J connectivity index is 1.66. The summed E-state index contributed by atoms with van der Waals surface area (Å²) in [6.07, 6.45) is 13.1. The molecule has 4 unspecified atom stereocenters. The summed E-state index contributed by atoms with van der Waals surface area (Å²) in [7, 11) is 0. The molecule has 3 aliphatic carbocycles. The van der Waals surface area contributed by atoms with E-state index in [1.807, 2.05) is 0 Å². The van der Waals surface area contributed by atoms with Gasteiger partial charge < -0.3 is 5.11 Å². The van der Waals surface area contributed by atoms with Gasteiger partial charge in [-0.1, -0.05) is 26.2 Å². The summed E-state index contributed by atoms with van der Waals surface area (Å²) >= 11 is 0. The first-order valence-corrected chi connectivity index (χ1v) is 7.90. The minimum Gasteiger partial charge on any atom is -0.390 e. The third-order valence-corrected chi connectivity index (χ3v) is 5.79. The molecule has 0 aliphatic heterocycles. The molecule has 3 fully saturated rings. The van der Waals surface area contributed by atoms with Crippen molar-refractivity contribution in [3.8, 4) is 0 Å². The van der Waals surface area contributed by atoms with Crippen molar-refractivity contribution in [2.75, 3.05) is 0 Å². The predicted molar refractivity (Wildman–Crippen MR) is 70.8 cm³/mol. The van der Waals surface area contributed by atoms with Gasteiger partial charge in [-0.2, -0.15) is 0 Å². The molecule has 0 radical (unpaired) electrons. The van der Waals surface area contributed by atoms with E-state index >= 15 is 0 Å². The van der Waals surface area contributed by atoms with Gasteiger partial charge in [-0.15, -0.1) is 0 Å². The molecule has 3 rings (SSSR count). The summed E-state index contributed by atoms with van der Waals surface area (Å²) in [4.78, 5) is 0. The molecule has 0 aromatic carbocycles. The van der Waals surface area contributed by atoms with Crippen LogP contribution < -0.4 is 0 Å². The molecule has 1 nitrogen and oxygen atoms in total. The summed E-state index contributed by atoms with van der Waals surface area (Å²) in [6, 6.07) is 0. The first-order valence-electron chi connectivity index (χ1n) is 7.90. The SMILES string of the molecule is CC1CCCC(C2(O)CCCC(C3CC3)C2)C1. The van der Waals surface area contributed by atoms with Gasteiger partial charge in [-0.25, -0.2) is 0 Å². The van der Waals surface area contributed by atoms with Gasteiger partial charge in [0.25, 0.3) is 0 Å². The zero-order chi connectivity index (χ0) is 11.9. The molecule has 0 aromatic heterocycles.